The molecule has 5 nitrogen and oxygen atoms in total. The molecule has 3 rings (SSSR count). The van der Waals surface area contributed by atoms with Crippen LogP contribution >= 0.6 is 0 Å². The number of pyridine rings is 1. The number of carbonyl (C=O) groups is 1. The van der Waals surface area contributed by atoms with Gasteiger partial charge in [0.25, 0.3) is 5.91 Å². The Morgan fingerprint density at radius 3 is 2.78 bits per heavy atom. The van der Waals surface area contributed by atoms with Gasteiger partial charge in [-0.3, -0.25) is 9.59 Å². The quantitative estimate of drug-likeness (QED) is 0.947. The molecule has 0 bridgehead atoms. The predicted molar refractivity (Wildman–Crippen MR) is 90.8 cm³/mol. The summed E-state index contributed by atoms with van der Waals surface area (Å²) in [6.07, 6.45) is 3.45. The molecular weight excluding hydrogens is 290 g/mol. The monoisotopic (exact) mass is 311 g/mol. The Morgan fingerprint density at radius 1 is 1.26 bits per heavy atom. The van der Waals surface area contributed by atoms with E-state index in [0.717, 1.165) is 30.6 Å². The molecule has 5 heteroatoms. The third kappa shape index (κ3) is 3.13. The maximum atomic E-state index is 12.8. The average molecular weight is 311 g/mol. The first-order valence-electron chi connectivity index (χ1n) is 7.83. The topological polar surface area (TPSA) is 56.4 Å². The molecule has 23 heavy (non-hydrogen) atoms. The summed E-state index contributed by atoms with van der Waals surface area (Å²) in [5, 5.41) is 0. The van der Waals surface area contributed by atoms with E-state index in [-0.39, 0.29) is 17.5 Å². The number of nitrogens with zero attached hydrogens (tertiary/aromatic N) is 2. The van der Waals surface area contributed by atoms with E-state index in [4.69, 9.17) is 0 Å². The lowest BCUT2D eigenvalue weighted by Gasteiger charge is -2.26. The summed E-state index contributed by atoms with van der Waals surface area (Å²) in [5.74, 6) is -0.0287. The van der Waals surface area contributed by atoms with Crippen molar-refractivity contribution in [3.05, 3.63) is 64.1 Å². The SMILES string of the molecule is CN(C)c1cccc(C2CCCN2C(=O)c2ccc(=O)[nH]c2)c1. The van der Waals surface area contributed by atoms with Crippen LogP contribution in [0.15, 0.2) is 47.4 Å². The van der Waals surface area contributed by atoms with Gasteiger partial charge in [0, 0.05) is 38.6 Å². The van der Waals surface area contributed by atoms with E-state index in [1.54, 1.807) is 6.07 Å². The van der Waals surface area contributed by atoms with Crippen LogP contribution in [-0.2, 0) is 0 Å². The van der Waals surface area contributed by atoms with Crippen LogP contribution in [0.25, 0.3) is 0 Å². The summed E-state index contributed by atoms with van der Waals surface area (Å²) in [6.45, 7) is 0.745. The molecule has 0 aliphatic carbocycles. The molecule has 1 unspecified atom stereocenters. The van der Waals surface area contributed by atoms with Crippen molar-refractivity contribution in [2.24, 2.45) is 0 Å². The zero-order valence-corrected chi connectivity index (χ0v) is 13.5. The Hall–Kier alpha value is -2.56. The van der Waals surface area contributed by atoms with Crippen LogP contribution in [0.3, 0.4) is 0 Å². The fourth-order valence-electron chi connectivity index (χ4n) is 3.08. The first-order chi connectivity index (χ1) is 11.1. The number of aromatic amines is 1. The van der Waals surface area contributed by atoms with Crippen LogP contribution in [0.4, 0.5) is 5.69 Å². The summed E-state index contributed by atoms with van der Waals surface area (Å²) in [4.78, 5) is 30.5. The largest absolute Gasteiger partial charge is 0.378 e. The smallest absolute Gasteiger partial charge is 0.255 e. The minimum absolute atomic E-state index is 0.0287. The molecule has 1 fully saturated rings. The van der Waals surface area contributed by atoms with Gasteiger partial charge in [0.1, 0.15) is 0 Å². The molecule has 0 spiro atoms. The van der Waals surface area contributed by atoms with E-state index >= 15 is 0 Å². The highest BCUT2D eigenvalue weighted by Crippen LogP contribution is 2.34. The highest BCUT2D eigenvalue weighted by Gasteiger charge is 2.30. The van der Waals surface area contributed by atoms with E-state index < -0.39 is 0 Å². The maximum Gasteiger partial charge on any atom is 0.255 e. The van der Waals surface area contributed by atoms with Crippen molar-refractivity contribution in [1.82, 2.24) is 9.88 Å². The van der Waals surface area contributed by atoms with Crippen LogP contribution < -0.4 is 10.5 Å². The van der Waals surface area contributed by atoms with Gasteiger partial charge in [0.15, 0.2) is 0 Å². The van der Waals surface area contributed by atoms with Gasteiger partial charge in [0.2, 0.25) is 5.56 Å². The molecule has 1 aliphatic heterocycles. The third-order valence-electron chi connectivity index (χ3n) is 4.32. The van der Waals surface area contributed by atoms with Crippen molar-refractivity contribution in [3.8, 4) is 0 Å². The van der Waals surface area contributed by atoms with Gasteiger partial charge in [0.05, 0.1) is 11.6 Å². The number of nitrogens with one attached hydrogen (secondary N) is 1. The van der Waals surface area contributed by atoms with Crippen molar-refractivity contribution in [2.75, 3.05) is 25.5 Å². The van der Waals surface area contributed by atoms with Crippen LogP contribution in [0, 0.1) is 0 Å². The number of benzene rings is 1. The number of hydrogen-bond donors (Lipinski definition) is 1. The summed E-state index contributed by atoms with van der Waals surface area (Å²) < 4.78 is 0. The van der Waals surface area contributed by atoms with Gasteiger partial charge < -0.3 is 14.8 Å². The minimum Gasteiger partial charge on any atom is -0.378 e. The van der Waals surface area contributed by atoms with E-state index in [0.29, 0.717) is 5.56 Å². The summed E-state index contributed by atoms with van der Waals surface area (Å²) >= 11 is 0. The molecule has 120 valence electrons. The van der Waals surface area contributed by atoms with E-state index in [9.17, 15) is 9.59 Å². The maximum absolute atomic E-state index is 12.8. The fraction of sp³-hybridized carbons (Fsp3) is 0.333. The van der Waals surface area contributed by atoms with Gasteiger partial charge >= 0.3 is 0 Å². The molecule has 2 heterocycles. The second-order valence-corrected chi connectivity index (χ2v) is 6.09. The van der Waals surface area contributed by atoms with Crippen molar-refractivity contribution < 1.29 is 4.79 Å². The highest BCUT2D eigenvalue weighted by atomic mass is 16.2. The lowest BCUT2D eigenvalue weighted by atomic mass is 10.0. The molecule has 1 aliphatic rings. The molecule has 1 aromatic heterocycles. The minimum atomic E-state index is -0.196. The van der Waals surface area contributed by atoms with Crippen LogP contribution in [0.5, 0.6) is 0 Å². The second-order valence-electron chi connectivity index (χ2n) is 6.09. The Morgan fingerprint density at radius 2 is 2.09 bits per heavy atom. The fourth-order valence-corrected chi connectivity index (χ4v) is 3.08. The van der Waals surface area contributed by atoms with Gasteiger partial charge in [-0.05, 0) is 36.6 Å². The zero-order valence-electron chi connectivity index (χ0n) is 13.5. The number of amides is 1. The average Bonchev–Trinajstić information content (AvgIpc) is 3.04. The van der Waals surface area contributed by atoms with E-state index in [1.807, 2.05) is 25.1 Å². The van der Waals surface area contributed by atoms with Gasteiger partial charge in [-0.25, -0.2) is 0 Å². The molecular formula is C18H21N3O2. The first-order valence-corrected chi connectivity index (χ1v) is 7.83. The number of rotatable bonds is 3. The molecule has 1 amide bonds. The number of anilines is 1. The first kappa shape index (κ1) is 15.3. The lowest BCUT2D eigenvalue weighted by molar-refractivity contribution is 0.0735. The van der Waals surface area contributed by atoms with E-state index in [1.165, 1.54) is 12.3 Å². The van der Waals surface area contributed by atoms with Gasteiger partial charge in [-0.1, -0.05) is 12.1 Å². The Balaban J connectivity index is 1.88. The summed E-state index contributed by atoms with van der Waals surface area (Å²) in [7, 11) is 4.02. The lowest BCUT2D eigenvalue weighted by Crippen LogP contribution is -2.31. The van der Waals surface area contributed by atoms with Crippen molar-refractivity contribution in [3.63, 3.8) is 0 Å². The zero-order chi connectivity index (χ0) is 16.4. The molecule has 0 saturated carbocycles. The molecule has 1 saturated heterocycles. The molecule has 1 atom stereocenters. The Kier molecular flexibility index (Phi) is 4.19. The predicted octanol–water partition coefficient (Wildman–Crippen LogP) is 2.42. The molecule has 1 aromatic carbocycles. The van der Waals surface area contributed by atoms with Gasteiger partial charge in [-0.15, -0.1) is 0 Å². The highest BCUT2D eigenvalue weighted by molar-refractivity contribution is 5.94. The second kappa shape index (κ2) is 6.28. The number of hydrogen-bond acceptors (Lipinski definition) is 3. The van der Waals surface area contributed by atoms with E-state index in [2.05, 4.69) is 28.1 Å². The van der Waals surface area contributed by atoms with Crippen LogP contribution in [-0.4, -0.2) is 36.4 Å². The van der Waals surface area contributed by atoms with Crippen LogP contribution in [0.2, 0.25) is 0 Å². The van der Waals surface area contributed by atoms with Gasteiger partial charge in [-0.2, -0.15) is 0 Å². The normalized spacial score (nSPS) is 17.3. The molecule has 2 aromatic rings. The number of carbonyl (C=O) groups excluding carboxylic acids is 1. The molecule has 0 radical (unpaired) electrons. The summed E-state index contributed by atoms with van der Waals surface area (Å²) in [5.41, 5.74) is 2.62. The van der Waals surface area contributed by atoms with Crippen molar-refractivity contribution in [2.45, 2.75) is 18.9 Å². The number of likely N-dealkylation sites (tertiary alicyclic amines) is 1. The standard InChI is InChI=1S/C18H21N3O2/c1-20(2)15-6-3-5-13(11-15)16-7-4-10-21(16)18(23)14-8-9-17(22)19-12-14/h3,5-6,8-9,11-12,16H,4,7,10H2,1-2H3,(H,19,22). The van der Waals surface area contributed by atoms with Crippen LogP contribution in [0.1, 0.15) is 34.8 Å². The Bertz CT molecular complexity index is 746. The van der Waals surface area contributed by atoms with Crippen molar-refractivity contribution >= 4 is 11.6 Å². The summed E-state index contributed by atoms with van der Waals surface area (Å²) in [6, 6.07) is 11.4. The number of H-pyrrole nitrogens is 1. The number of aromatic nitrogens is 1. The van der Waals surface area contributed by atoms with Crippen molar-refractivity contribution in [1.29, 1.82) is 0 Å². The Labute approximate surface area is 135 Å². The molecule has 1 N–H and O–H groups in total. The third-order valence-corrected chi connectivity index (χ3v) is 4.32.